The second-order valence-electron chi connectivity index (χ2n) is 7.19. The molecule has 3 heterocycles. The number of aromatic nitrogens is 1. The fourth-order valence-electron chi connectivity index (χ4n) is 4.02. The Balaban J connectivity index is 2.09. The predicted molar refractivity (Wildman–Crippen MR) is 94.0 cm³/mol. The molecule has 0 aliphatic carbocycles. The Kier molecular flexibility index (Phi) is 3.22. The molecule has 0 spiro atoms. The molecule has 2 N–H and O–H groups in total. The van der Waals surface area contributed by atoms with Crippen LogP contribution in [0.2, 0.25) is 5.02 Å². The van der Waals surface area contributed by atoms with Crippen molar-refractivity contribution in [3.05, 3.63) is 50.8 Å². The van der Waals surface area contributed by atoms with Crippen LogP contribution in [-0.2, 0) is 0 Å². The molecule has 130 valence electrons. The number of carboxylic acid groups (broad SMARTS) is 1. The average molecular weight is 361 g/mol. The van der Waals surface area contributed by atoms with E-state index in [2.05, 4.69) is 18.9 Å². The van der Waals surface area contributed by atoms with Crippen LogP contribution >= 0.6 is 11.6 Å². The van der Waals surface area contributed by atoms with Gasteiger partial charge in [0.1, 0.15) is 11.3 Å². The summed E-state index contributed by atoms with van der Waals surface area (Å²) in [7, 11) is 0. The van der Waals surface area contributed by atoms with E-state index >= 15 is 0 Å². The van der Waals surface area contributed by atoms with Crippen molar-refractivity contribution in [1.29, 1.82) is 0 Å². The standard InChI is InChI=1S/C18H17ClN2O4/c1-18(2)4-3-13-10-6-16(23)12(19)5-9(10)14-7-15(22)11(17(24)25)8-20(14)21(13)18/h5-8,13,23H,3-4H2,1-2H3,(H,24,25)/t13-/m1/s1. The molecule has 0 bridgehead atoms. The summed E-state index contributed by atoms with van der Waals surface area (Å²) >= 11 is 6.09. The van der Waals surface area contributed by atoms with Crippen LogP contribution in [0.1, 0.15) is 48.7 Å². The molecule has 6 nitrogen and oxygen atoms in total. The molecule has 25 heavy (non-hydrogen) atoms. The quantitative estimate of drug-likeness (QED) is 0.816. The van der Waals surface area contributed by atoms with Crippen molar-refractivity contribution >= 4 is 17.6 Å². The first-order valence-corrected chi connectivity index (χ1v) is 8.41. The summed E-state index contributed by atoms with van der Waals surface area (Å²) in [6.45, 7) is 4.16. The van der Waals surface area contributed by atoms with Crippen LogP contribution in [0.3, 0.4) is 0 Å². The number of aromatic carboxylic acids is 1. The third kappa shape index (κ3) is 2.17. The zero-order valence-corrected chi connectivity index (χ0v) is 14.5. The Bertz CT molecular complexity index is 980. The first-order chi connectivity index (χ1) is 11.7. The second-order valence-corrected chi connectivity index (χ2v) is 7.60. The minimum atomic E-state index is -1.25. The molecule has 1 aromatic carbocycles. The smallest absolute Gasteiger partial charge is 0.341 e. The number of hydrogen-bond donors (Lipinski definition) is 2. The van der Waals surface area contributed by atoms with Crippen molar-refractivity contribution in [3.63, 3.8) is 0 Å². The van der Waals surface area contributed by atoms with Crippen LogP contribution < -0.4 is 10.4 Å². The van der Waals surface area contributed by atoms with Gasteiger partial charge in [0.15, 0.2) is 5.43 Å². The molecule has 1 aromatic heterocycles. The molecule has 1 fully saturated rings. The minimum Gasteiger partial charge on any atom is -0.506 e. The number of pyridine rings is 1. The van der Waals surface area contributed by atoms with Gasteiger partial charge < -0.3 is 10.2 Å². The first-order valence-electron chi connectivity index (χ1n) is 8.03. The maximum atomic E-state index is 12.3. The lowest BCUT2D eigenvalue weighted by atomic mass is 9.94. The zero-order valence-electron chi connectivity index (χ0n) is 13.8. The fraction of sp³-hybridized carbons (Fsp3) is 0.333. The molecule has 2 aliphatic rings. The number of hydrogen-bond acceptors (Lipinski definition) is 4. The number of halogens is 1. The van der Waals surface area contributed by atoms with Crippen LogP contribution in [0.5, 0.6) is 5.75 Å². The Labute approximate surface area is 148 Å². The lowest BCUT2D eigenvalue weighted by Crippen LogP contribution is -2.50. The van der Waals surface area contributed by atoms with Crippen molar-refractivity contribution in [2.75, 3.05) is 5.01 Å². The molecule has 4 rings (SSSR count). The number of fused-ring (bicyclic) bond motifs is 6. The van der Waals surface area contributed by atoms with Gasteiger partial charge in [0.25, 0.3) is 0 Å². The monoisotopic (exact) mass is 360 g/mol. The summed E-state index contributed by atoms with van der Waals surface area (Å²) in [5, 5.41) is 21.7. The minimum absolute atomic E-state index is 0.00280. The Morgan fingerprint density at radius 3 is 2.72 bits per heavy atom. The molecule has 1 atom stereocenters. The highest BCUT2D eigenvalue weighted by molar-refractivity contribution is 6.32. The van der Waals surface area contributed by atoms with E-state index in [0.29, 0.717) is 5.69 Å². The van der Waals surface area contributed by atoms with Crippen molar-refractivity contribution < 1.29 is 15.0 Å². The van der Waals surface area contributed by atoms with E-state index in [0.717, 1.165) is 24.0 Å². The largest absolute Gasteiger partial charge is 0.506 e. The van der Waals surface area contributed by atoms with Gasteiger partial charge >= 0.3 is 5.97 Å². The maximum absolute atomic E-state index is 12.3. The van der Waals surface area contributed by atoms with E-state index in [-0.39, 0.29) is 27.9 Å². The maximum Gasteiger partial charge on any atom is 0.341 e. The molecular formula is C18H17ClN2O4. The van der Waals surface area contributed by atoms with Gasteiger partial charge in [-0.25, -0.2) is 4.79 Å². The van der Waals surface area contributed by atoms with Crippen LogP contribution in [0.4, 0.5) is 0 Å². The van der Waals surface area contributed by atoms with Crippen LogP contribution in [0, 0.1) is 0 Å². The number of rotatable bonds is 1. The van der Waals surface area contributed by atoms with Gasteiger partial charge in [0.2, 0.25) is 0 Å². The molecular weight excluding hydrogens is 344 g/mol. The molecule has 7 heteroatoms. The van der Waals surface area contributed by atoms with Gasteiger partial charge in [0, 0.05) is 17.8 Å². The number of benzene rings is 1. The predicted octanol–water partition coefficient (Wildman–Crippen LogP) is 3.14. The van der Waals surface area contributed by atoms with E-state index in [4.69, 9.17) is 11.6 Å². The molecule has 2 aliphatic heterocycles. The van der Waals surface area contributed by atoms with Crippen LogP contribution in [-0.4, -0.2) is 26.4 Å². The van der Waals surface area contributed by atoms with E-state index in [1.54, 1.807) is 16.8 Å². The van der Waals surface area contributed by atoms with E-state index < -0.39 is 11.4 Å². The molecule has 1 saturated heterocycles. The second kappa shape index (κ2) is 5.02. The number of nitrogens with zero attached hydrogens (tertiary/aromatic N) is 2. The van der Waals surface area contributed by atoms with Gasteiger partial charge in [-0.1, -0.05) is 11.6 Å². The van der Waals surface area contributed by atoms with Gasteiger partial charge in [0.05, 0.1) is 22.3 Å². The third-order valence-electron chi connectivity index (χ3n) is 5.19. The fourth-order valence-corrected chi connectivity index (χ4v) is 4.18. The van der Waals surface area contributed by atoms with E-state index in [1.807, 2.05) is 0 Å². The van der Waals surface area contributed by atoms with Crippen molar-refractivity contribution in [3.8, 4) is 17.0 Å². The normalized spacial score (nSPS) is 20.0. The van der Waals surface area contributed by atoms with E-state index in [9.17, 15) is 19.8 Å². The number of carboxylic acids is 1. The average Bonchev–Trinajstić information content (AvgIpc) is 2.84. The Morgan fingerprint density at radius 2 is 2.04 bits per heavy atom. The van der Waals surface area contributed by atoms with E-state index in [1.165, 1.54) is 12.3 Å². The van der Waals surface area contributed by atoms with Crippen molar-refractivity contribution in [2.24, 2.45) is 0 Å². The molecule has 0 amide bonds. The summed E-state index contributed by atoms with van der Waals surface area (Å²) in [5.74, 6) is -1.24. The van der Waals surface area contributed by atoms with Crippen LogP contribution in [0.15, 0.2) is 29.2 Å². The van der Waals surface area contributed by atoms with Gasteiger partial charge in [-0.2, -0.15) is 0 Å². The third-order valence-corrected chi connectivity index (χ3v) is 5.50. The molecule has 0 unspecified atom stereocenters. The topological polar surface area (TPSA) is 82.8 Å². The highest BCUT2D eigenvalue weighted by Crippen LogP contribution is 2.49. The molecule has 0 saturated carbocycles. The van der Waals surface area contributed by atoms with Crippen LogP contribution in [0.25, 0.3) is 11.3 Å². The Hall–Kier alpha value is -2.47. The van der Waals surface area contributed by atoms with Crippen molar-refractivity contribution in [1.82, 2.24) is 4.68 Å². The summed E-state index contributed by atoms with van der Waals surface area (Å²) in [6.07, 6.45) is 3.15. The lowest BCUT2D eigenvalue weighted by molar-refractivity contribution is 0.0694. The summed E-state index contributed by atoms with van der Waals surface area (Å²) < 4.78 is 1.76. The lowest BCUT2D eigenvalue weighted by Gasteiger charge is -2.44. The number of phenols is 1. The molecule has 2 aromatic rings. The number of phenolic OH excluding ortho intramolecular Hbond substituents is 1. The first kappa shape index (κ1) is 16.0. The Morgan fingerprint density at radius 1 is 1.32 bits per heavy atom. The summed E-state index contributed by atoms with van der Waals surface area (Å²) in [5.41, 5.74) is 1.18. The van der Waals surface area contributed by atoms with Gasteiger partial charge in [-0.15, -0.1) is 0 Å². The zero-order chi connectivity index (χ0) is 18.1. The molecule has 0 radical (unpaired) electrons. The van der Waals surface area contributed by atoms with Gasteiger partial charge in [-0.3, -0.25) is 14.5 Å². The van der Waals surface area contributed by atoms with Crippen molar-refractivity contribution in [2.45, 2.75) is 38.3 Å². The highest BCUT2D eigenvalue weighted by atomic mass is 35.5. The highest BCUT2D eigenvalue weighted by Gasteiger charge is 2.45. The summed E-state index contributed by atoms with van der Waals surface area (Å²) in [4.78, 5) is 23.7. The summed E-state index contributed by atoms with van der Waals surface area (Å²) in [6, 6.07) is 4.60. The SMILES string of the molecule is CC1(C)CC[C@@H]2c3cc(O)c(Cl)cc3-c3cc(=O)c(C(=O)O)cn3N21. The number of carbonyl (C=O) groups is 1. The van der Waals surface area contributed by atoms with Gasteiger partial charge in [-0.05, 0) is 44.4 Å². The number of aromatic hydroxyl groups is 1.